The molecule has 2 bridgehead atoms. The Balaban J connectivity index is 1.50. The molecule has 2 fully saturated rings. The molecule has 2 aliphatic carbocycles. The molecule has 3 atom stereocenters. The van der Waals surface area contributed by atoms with Crippen molar-refractivity contribution < 1.29 is 18.7 Å². The van der Waals surface area contributed by atoms with E-state index in [1.54, 1.807) is 49.6 Å². The molecule has 1 aromatic heterocycles. The number of fused-ring (bicyclic) bond motifs is 2. The summed E-state index contributed by atoms with van der Waals surface area (Å²) >= 11 is 0. The summed E-state index contributed by atoms with van der Waals surface area (Å²) in [5, 5.41) is 5.85. The minimum absolute atomic E-state index is 0.179. The van der Waals surface area contributed by atoms with E-state index >= 15 is 0 Å². The van der Waals surface area contributed by atoms with Crippen LogP contribution in [0.2, 0.25) is 0 Å². The average Bonchev–Trinajstić information content (AvgIpc) is 3.46. The van der Waals surface area contributed by atoms with Crippen LogP contribution in [0.4, 0.5) is 0 Å². The standard InChI is InChI=1S/C22H24N2O4/c1-27-17-8-6-15(7-9-17)21(25)24-20(13-18-3-2-10-28-18)22(26)23-19-12-14-4-5-16(19)11-14/h2-3,6-10,13-14,16,19H,4-5,11-12H2,1H3,(H,23,26)(H,24,25)/b20-13-/t14-,16+,19-/m0/s1. The number of furan rings is 1. The molecule has 2 aromatic rings. The monoisotopic (exact) mass is 380 g/mol. The lowest BCUT2D eigenvalue weighted by Gasteiger charge is -2.23. The van der Waals surface area contributed by atoms with Gasteiger partial charge in [-0.3, -0.25) is 9.59 Å². The number of hydrogen-bond donors (Lipinski definition) is 2. The molecule has 2 aliphatic rings. The molecule has 0 saturated heterocycles. The lowest BCUT2D eigenvalue weighted by Crippen LogP contribution is -2.42. The van der Waals surface area contributed by atoms with Gasteiger partial charge >= 0.3 is 0 Å². The fraction of sp³-hybridized carbons (Fsp3) is 0.364. The van der Waals surface area contributed by atoms with Gasteiger partial charge in [0.25, 0.3) is 11.8 Å². The summed E-state index contributed by atoms with van der Waals surface area (Å²) in [5.74, 6) is 1.81. The lowest BCUT2D eigenvalue weighted by atomic mass is 9.95. The van der Waals surface area contributed by atoms with Gasteiger partial charge in [0.05, 0.1) is 13.4 Å². The van der Waals surface area contributed by atoms with E-state index in [9.17, 15) is 9.59 Å². The number of benzene rings is 1. The first-order chi connectivity index (χ1) is 13.6. The van der Waals surface area contributed by atoms with Gasteiger partial charge in [0.1, 0.15) is 17.2 Å². The Labute approximate surface area is 163 Å². The molecular formula is C22H24N2O4. The van der Waals surface area contributed by atoms with Gasteiger partial charge in [0, 0.05) is 17.7 Å². The lowest BCUT2D eigenvalue weighted by molar-refractivity contribution is -0.118. The quantitative estimate of drug-likeness (QED) is 0.753. The summed E-state index contributed by atoms with van der Waals surface area (Å²) < 4.78 is 10.4. The van der Waals surface area contributed by atoms with E-state index in [0.29, 0.717) is 23.0 Å². The van der Waals surface area contributed by atoms with Crippen molar-refractivity contribution in [3.63, 3.8) is 0 Å². The highest BCUT2D eigenvalue weighted by Gasteiger charge is 2.40. The zero-order valence-corrected chi connectivity index (χ0v) is 15.8. The Morgan fingerprint density at radius 3 is 2.57 bits per heavy atom. The highest BCUT2D eigenvalue weighted by Crippen LogP contribution is 2.44. The molecule has 0 aliphatic heterocycles. The highest BCUT2D eigenvalue weighted by molar-refractivity contribution is 6.05. The number of carbonyl (C=O) groups excluding carboxylic acids is 2. The number of hydrogen-bond acceptors (Lipinski definition) is 4. The predicted molar refractivity (Wildman–Crippen MR) is 105 cm³/mol. The Morgan fingerprint density at radius 2 is 1.96 bits per heavy atom. The van der Waals surface area contributed by atoms with Crippen LogP contribution in [0.25, 0.3) is 6.08 Å². The van der Waals surface area contributed by atoms with Gasteiger partial charge in [-0.25, -0.2) is 0 Å². The Morgan fingerprint density at radius 1 is 1.14 bits per heavy atom. The van der Waals surface area contributed by atoms with Gasteiger partial charge in [-0.05, 0) is 67.5 Å². The Kier molecular flexibility index (Phi) is 5.19. The minimum Gasteiger partial charge on any atom is -0.497 e. The van der Waals surface area contributed by atoms with Gasteiger partial charge in [-0.15, -0.1) is 0 Å². The summed E-state index contributed by atoms with van der Waals surface area (Å²) in [7, 11) is 1.57. The summed E-state index contributed by atoms with van der Waals surface area (Å²) in [4.78, 5) is 25.6. The number of nitrogens with one attached hydrogen (secondary N) is 2. The fourth-order valence-electron chi connectivity index (χ4n) is 4.28. The molecule has 4 rings (SSSR count). The third-order valence-corrected chi connectivity index (χ3v) is 5.73. The predicted octanol–water partition coefficient (Wildman–Crippen LogP) is 3.36. The van der Waals surface area contributed by atoms with Crippen LogP contribution in [0.1, 0.15) is 41.8 Å². The van der Waals surface area contributed by atoms with Crippen LogP contribution in [0.3, 0.4) is 0 Å². The van der Waals surface area contributed by atoms with Crippen molar-refractivity contribution >= 4 is 17.9 Å². The molecule has 0 spiro atoms. The molecule has 1 heterocycles. The summed E-state index contributed by atoms with van der Waals surface area (Å²) in [6.45, 7) is 0. The SMILES string of the molecule is COc1ccc(C(=O)N/C(=C\c2ccco2)C(=O)N[C@H]2C[C@H]3CC[C@@H]2C3)cc1. The maximum atomic E-state index is 12.9. The largest absolute Gasteiger partial charge is 0.497 e. The average molecular weight is 380 g/mol. The molecular weight excluding hydrogens is 356 g/mol. The van der Waals surface area contributed by atoms with E-state index in [2.05, 4.69) is 10.6 Å². The van der Waals surface area contributed by atoms with Gasteiger partial charge in [-0.2, -0.15) is 0 Å². The Bertz CT molecular complexity index is 870. The maximum Gasteiger partial charge on any atom is 0.268 e. The zero-order valence-electron chi connectivity index (χ0n) is 15.8. The molecule has 6 nitrogen and oxygen atoms in total. The second-order valence-electron chi connectivity index (χ2n) is 7.51. The smallest absolute Gasteiger partial charge is 0.268 e. The molecule has 6 heteroatoms. The molecule has 2 saturated carbocycles. The molecule has 2 amide bonds. The number of ether oxygens (including phenoxy) is 1. The van der Waals surface area contributed by atoms with Crippen molar-refractivity contribution in [2.75, 3.05) is 7.11 Å². The molecule has 1 aromatic carbocycles. The number of rotatable bonds is 6. The van der Waals surface area contributed by atoms with E-state index in [4.69, 9.17) is 9.15 Å². The van der Waals surface area contributed by atoms with Gasteiger partial charge < -0.3 is 19.8 Å². The van der Waals surface area contributed by atoms with Crippen LogP contribution in [0.5, 0.6) is 5.75 Å². The molecule has 2 N–H and O–H groups in total. The van der Waals surface area contributed by atoms with Crippen molar-refractivity contribution in [3.05, 3.63) is 59.7 Å². The van der Waals surface area contributed by atoms with Crippen molar-refractivity contribution in [3.8, 4) is 5.75 Å². The van der Waals surface area contributed by atoms with Crippen LogP contribution >= 0.6 is 0 Å². The van der Waals surface area contributed by atoms with Crippen LogP contribution in [-0.2, 0) is 4.79 Å². The van der Waals surface area contributed by atoms with Crippen LogP contribution in [0, 0.1) is 11.8 Å². The van der Waals surface area contributed by atoms with E-state index in [1.165, 1.54) is 25.5 Å². The Hall–Kier alpha value is -3.02. The van der Waals surface area contributed by atoms with E-state index < -0.39 is 0 Å². The van der Waals surface area contributed by atoms with Crippen LogP contribution in [0.15, 0.2) is 52.8 Å². The zero-order chi connectivity index (χ0) is 19.5. The minimum atomic E-state index is -0.358. The summed E-state index contributed by atoms with van der Waals surface area (Å²) in [5.41, 5.74) is 0.623. The number of amides is 2. The van der Waals surface area contributed by atoms with Crippen LogP contribution in [-0.4, -0.2) is 25.0 Å². The first-order valence-corrected chi connectivity index (χ1v) is 9.64. The first-order valence-electron chi connectivity index (χ1n) is 9.64. The van der Waals surface area contributed by atoms with Crippen LogP contribution < -0.4 is 15.4 Å². The second-order valence-corrected chi connectivity index (χ2v) is 7.51. The van der Waals surface area contributed by atoms with E-state index in [1.807, 2.05) is 0 Å². The molecule has 0 unspecified atom stereocenters. The molecule has 28 heavy (non-hydrogen) atoms. The fourth-order valence-corrected chi connectivity index (χ4v) is 4.28. The first kappa shape index (κ1) is 18.3. The third-order valence-electron chi connectivity index (χ3n) is 5.73. The van der Waals surface area contributed by atoms with Crippen molar-refractivity contribution in [2.45, 2.75) is 31.7 Å². The summed E-state index contributed by atoms with van der Waals surface area (Å²) in [6, 6.07) is 10.4. The third kappa shape index (κ3) is 3.96. The van der Waals surface area contributed by atoms with E-state index in [-0.39, 0.29) is 23.6 Å². The van der Waals surface area contributed by atoms with Gasteiger partial charge in [-0.1, -0.05) is 6.42 Å². The van der Waals surface area contributed by atoms with Gasteiger partial charge in [0.15, 0.2) is 0 Å². The topological polar surface area (TPSA) is 80.6 Å². The highest BCUT2D eigenvalue weighted by atomic mass is 16.5. The van der Waals surface area contributed by atoms with Crippen molar-refractivity contribution in [1.82, 2.24) is 10.6 Å². The van der Waals surface area contributed by atoms with Gasteiger partial charge in [0.2, 0.25) is 0 Å². The van der Waals surface area contributed by atoms with Crippen molar-refractivity contribution in [2.24, 2.45) is 11.8 Å². The molecule has 0 radical (unpaired) electrons. The van der Waals surface area contributed by atoms with E-state index in [0.717, 1.165) is 12.3 Å². The molecule has 146 valence electrons. The number of methoxy groups -OCH3 is 1. The normalized spacial score (nSPS) is 23.5. The van der Waals surface area contributed by atoms with Crippen molar-refractivity contribution in [1.29, 1.82) is 0 Å². The summed E-state index contributed by atoms with van der Waals surface area (Å²) in [6.07, 6.45) is 7.75. The number of carbonyl (C=O) groups is 2. The maximum absolute atomic E-state index is 12.9. The second kappa shape index (κ2) is 7.92.